The second-order valence-electron chi connectivity index (χ2n) is 5.10. The quantitative estimate of drug-likeness (QED) is 0.641. The standard InChI is InChI=1S/C18H17NO4S/c20-11-15(16-7-4-9-22-16)19-18(21)17-13(8-10-23-17)12-24-14-5-2-1-3-6-14/h1-10,15,20H,11-12H2,(H,19,21). The Hall–Kier alpha value is -2.44. The fourth-order valence-corrected chi connectivity index (χ4v) is 3.15. The molecular weight excluding hydrogens is 326 g/mol. The summed E-state index contributed by atoms with van der Waals surface area (Å²) in [6.07, 6.45) is 3.00. The summed E-state index contributed by atoms with van der Waals surface area (Å²) in [7, 11) is 0. The number of furan rings is 2. The van der Waals surface area contributed by atoms with Gasteiger partial charge >= 0.3 is 0 Å². The smallest absolute Gasteiger partial charge is 0.287 e. The SMILES string of the molecule is O=C(NC(CO)c1ccco1)c1occc1CSc1ccccc1. The van der Waals surface area contributed by atoms with E-state index in [2.05, 4.69) is 5.32 Å². The normalized spacial score (nSPS) is 12.0. The van der Waals surface area contributed by atoms with E-state index in [9.17, 15) is 9.90 Å². The van der Waals surface area contributed by atoms with E-state index in [1.165, 1.54) is 12.5 Å². The van der Waals surface area contributed by atoms with Crippen molar-refractivity contribution in [2.24, 2.45) is 0 Å². The summed E-state index contributed by atoms with van der Waals surface area (Å²) in [6, 6.07) is 14.5. The number of hydrogen-bond acceptors (Lipinski definition) is 5. The first-order valence-corrected chi connectivity index (χ1v) is 8.46. The third-order valence-corrected chi connectivity index (χ3v) is 4.53. The maximum absolute atomic E-state index is 12.4. The van der Waals surface area contributed by atoms with E-state index >= 15 is 0 Å². The van der Waals surface area contributed by atoms with Crippen LogP contribution in [0.1, 0.15) is 27.9 Å². The molecule has 3 rings (SSSR count). The van der Waals surface area contributed by atoms with E-state index in [1.54, 1.807) is 30.0 Å². The molecule has 0 aliphatic heterocycles. The molecule has 0 saturated carbocycles. The van der Waals surface area contributed by atoms with Gasteiger partial charge in [0.15, 0.2) is 5.76 Å². The molecule has 2 heterocycles. The van der Waals surface area contributed by atoms with Gasteiger partial charge in [-0.3, -0.25) is 4.79 Å². The number of aliphatic hydroxyl groups excluding tert-OH is 1. The number of carbonyl (C=O) groups excluding carboxylic acids is 1. The van der Waals surface area contributed by atoms with Crippen LogP contribution < -0.4 is 5.32 Å². The second kappa shape index (κ2) is 7.90. The molecule has 3 aromatic rings. The van der Waals surface area contributed by atoms with E-state index in [0.29, 0.717) is 11.5 Å². The number of benzene rings is 1. The van der Waals surface area contributed by atoms with Crippen molar-refractivity contribution >= 4 is 17.7 Å². The molecule has 1 atom stereocenters. The van der Waals surface area contributed by atoms with E-state index < -0.39 is 6.04 Å². The first-order valence-electron chi connectivity index (χ1n) is 7.47. The summed E-state index contributed by atoms with van der Waals surface area (Å²) in [5.74, 6) is 0.994. The average Bonchev–Trinajstić information content (AvgIpc) is 3.30. The number of amides is 1. The molecular formula is C18H17NO4S. The Labute approximate surface area is 143 Å². The molecule has 0 fully saturated rings. The van der Waals surface area contributed by atoms with Gasteiger partial charge in [0.05, 0.1) is 19.1 Å². The summed E-state index contributed by atoms with van der Waals surface area (Å²) in [5, 5.41) is 12.2. The summed E-state index contributed by atoms with van der Waals surface area (Å²) in [6.45, 7) is -0.256. The molecule has 1 amide bonds. The lowest BCUT2D eigenvalue weighted by molar-refractivity contribution is 0.0878. The first kappa shape index (κ1) is 16.4. The molecule has 2 aromatic heterocycles. The maximum atomic E-state index is 12.4. The molecule has 6 heteroatoms. The van der Waals surface area contributed by atoms with Crippen LogP contribution in [-0.2, 0) is 5.75 Å². The predicted molar refractivity (Wildman–Crippen MR) is 90.7 cm³/mol. The minimum Gasteiger partial charge on any atom is -0.467 e. The van der Waals surface area contributed by atoms with Gasteiger partial charge in [-0.25, -0.2) is 0 Å². The summed E-state index contributed by atoms with van der Waals surface area (Å²) in [5.41, 5.74) is 0.803. The monoisotopic (exact) mass is 343 g/mol. The van der Waals surface area contributed by atoms with E-state index in [-0.39, 0.29) is 18.3 Å². The van der Waals surface area contributed by atoms with Gasteiger partial charge in [0.25, 0.3) is 5.91 Å². The van der Waals surface area contributed by atoms with Crippen LogP contribution in [0.25, 0.3) is 0 Å². The number of thioether (sulfide) groups is 1. The van der Waals surface area contributed by atoms with Crippen LogP contribution >= 0.6 is 11.8 Å². The van der Waals surface area contributed by atoms with Crippen LogP contribution in [0.4, 0.5) is 0 Å². The molecule has 0 bridgehead atoms. The summed E-state index contributed by atoms with van der Waals surface area (Å²) >= 11 is 1.62. The lowest BCUT2D eigenvalue weighted by Gasteiger charge is -2.13. The summed E-state index contributed by atoms with van der Waals surface area (Å²) in [4.78, 5) is 13.6. The van der Waals surface area contributed by atoms with Crippen molar-refractivity contribution in [3.05, 3.63) is 78.1 Å². The zero-order valence-electron chi connectivity index (χ0n) is 12.8. The van der Waals surface area contributed by atoms with Gasteiger partial charge in [0.2, 0.25) is 0 Å². The van der Waals surface area contributed by atoms with Gasteiger partial charge in [-0.05, 0) is 30.3 Å². The largest absolute Gasteiger partial charge is 0.467 e. The van der Waals surface area contributed by atoms with Crippen molar-refractivity contribution in [2.75, 3.05) is 6.61 Å². The van der Waals surface area contributed by atoms with Gasteiger partial charge in [0.1, 0.15) is 11.8 Å². The Bertz CT molecular complexity index is 767. The van der Waals surface area contributed by atoms with E-state index in [0.717, 1.165) is 10.5 Å². The second-order valence-corrected chi connectivity index (χ2v) is 6.15. The van der Waals surface area contributed by atoms with Gasteiger partial charge < -0.3 is 19.3 Å². The Balaban J connectivity index is 1.66. The van der Waals surface area contributed by atoms with Crippen molar-refractivity contribution in [1.82, 2.24) is 5.32 Å². The Kier molecular flexibility index (Phi) is 5.40. The third kappa shape index (κ3) is 3.90. The highest BCUT2D eigenvalue weighted by Crippen LogP contribution is 2.25. The van der Waals surface area contributed by atoms with Crippen molar-refractivity contribution in [2.45, 2.75) is 16.7 Å². The number of hydrogen-bond donors (Lipinski definition) is 2. The topological polar surface area (TPSA) is 75.6 Å². The minimum atomic E-state index is -0.604. The van der Waals surface area contributed by atoms with Crippen LogP contribution in [0.15, 0.2) is 74.8 Å². The lowest BCUT2D eigenvalue weighted by Crippen LogP contribution is -2.30. The van der Waals surface area contributed by atoms with E-state index in [4.69, 9.17) is 8.83 Å². The van der Waals surface area contributed by atoms with Crippen LogP contribution in [-0.4, -0.2) is 17.6 Å². The average molecular weight is 343 g/mol. The molecule has 0 radical (unpaired) electrons. The van der Waals surface area contributed by atoms with Gasteiger partial charge in [-0.1, -0.05) is 18.2 Å². The molecule has 0 aliphatic rings. The zero-order valence-corrected chi connectivity index (χ0v) is 13.7. The molecule has 2 N–H and O–H groups in total. The van der Waals surface area contributed by atoms with Gasteiger partial charge in [0, 0.05) is 16.2 Å². The third-order valence-electron chi connectivity index (χ3n) is 3.47. The van der Waals surface area contributed by atoms with Crippen LogP contribution in [0.3, 0.4) is 0 Å². The van der Waals surface area contributed by atoms with Crippen molar-refractivity contribution in [1.29, 1.82) is 0 Å². The molecule has 5 nitrogen and oxygen atoms in total. The molecule has 0 saturated heterocycles. The van der Waals surface area contributed by atoms with Gasteiger partial charge in [-0.2, -0.15) is 0 Å². The molecule has 0 aliphatic carbocycles. The van der Waals surface area contributed by atoms with Gasteiger partial charge in [-0.15, -0.1) is 11.8 Å². The number of nitrogens with one attached hydrogen (secondary N) is 1. The Morgan fingerprint density at radius 1 is 1.08 bits per heavy atom. The fraction of sp³-hybridized carbons (Fsp3) is 0.167. The van der Waals surface area contributed by atoms with Crippen molar-refractivity contribution in [3.63, 3.8) is 0 Å². The van der Waals surface area contributed by atoms with Crippen LogP contribution in [0.5, 0.6) is 0 Å². The Morgan fingerprint density at radius 3 is 2.62 bits per heavy atom. The zero-order chi connectivity index (χ0) is 16.8. The number of carbonyl (C=O) groups is 1. The van der Waals surface area contributed by atoms with Crippen molar-refractivity contribution < 1.29 is 18.7 Å². The highest BCUT2D eigenvalue weighted by atomic mass is 32.2. The maximum Gasteiger partial charge on any atom is 0.287 e. The minimum absolute atomic E-state index is 0.253. The molecule has 0 spiro atoms. The molecule has 1 aromatic carbocycles. The van der Waals surface area contributed by atoms with E-state index in [1.807, 2.05) is 30.3 Å². The highest BCUT2D eigenvalue weighted by Gasteiger charge is 2.21. The highest BCUT2D eigenvalue weighted by molar-refractivity contribution is 7.98. The van der Waals surface area contributed by atoms with Crippen LogP contribution in [0, 0.1) is 0 Å². The lowest BCUT2D eigenvalue weighted by atomic mass is 10.2. The fourth-order valence-electron chi connectivity index (χ4n) is 2.25. The molecule has 124 valence electrons. The summed E-state index contributed by atoms with van der Waals surface area (Å²) < 4.78 is 10.6. The number of rotatable bonds is 7. The molecule has 1 unspecified atom stereocenters. The predicted octanol–water partition coefficient (Wildman–Crippen LogP) is 3.63. The molecule has 24 heavy (non-hydrogen) atoms. The number of aliphatic hydroxyl groups is 1. The Morgan fingerprint density at radius 2 is 1.92 bits per heavy atom. The van der Waals surface area contributed by atoms with Crippen LogP contribution in [0.2, 0.25) is 0 Å². The first-order chi connectivity index (χ1) is 11.8. The van der Waals surface area contributed by atoms with Crippen molar-refractivity contribution in [3.8, 4) is 0 Å².